The molecule has 1 aromatic heterocycles. The van der Waals surface area contributed by atoms with Gasteiger partial charge in [-0.2, -0.15) is 0 Å². The second kappa shape index (κ2) is 35.0. The van der Waals surface area contributed by atoms with Crippen molar-refractivity contribution in [2.45, 2.75) is 193 Å². The van der Waals surface area contributed by atoms with Crippen LogP contribution in [0.3, 0.4) is 0 Å². The number of allylic oxidation sites excluding steroid dienone is 8. The summed E-state index contributed by atoms with van der Waals surface area (Å²) in [5.74, 6) is 0. The molecule has 0 fully saturated rings. The number of aromatic nitrogens is 2. The predicted molar refractivity (Wildman–Crippen MR) is 202 cm³/mol. The largest absolute Gasteiger partial charge is 0.351 e. The summed E-state index contributed by atoms with van der Waals surface area (Å²) in [6.07, 6.45) is 58.2. The molecule has 0 aromatic carbocycles. The molecule has 0 unspecified atom stereocenters. The van der Waals surface area contributed by atoms with Gasteiger partial charge in [-0.25, -0.2) is 4.98 Å². The molecule has 0 atom stereocenters. The van der Waals surface area contributed by atoms with Crippen molar-refractivity contribution in [1.29, 1.82) is 0 Å². The van der Waals surface area contributed by atoms with Gasteiger partial charge < -0.3 is 10.3 Å². The van der Waals surface area contributed by atoms with E-state index < -0.39 is 0 Å². The highest BCUT2D eigenvalue weighted by molar-refractivity contribution is 4.95. The topological polar surface area (TPSA) is 40.7 Å². The first-order chi connectivity index (χ1) is 22.4. The molecule has 0 bridgehead atoms. The van der Waals surface area contributed by atoms with Crippen LogP contribution in [-0.4, -0.2) is 22.6 Å². The van der Waals surface area contributed by atoms with Gasteiger partial charge in [-0.05, 0) is 77.0 Å². The molecule has 1 rings (SSSR count). The van der Waals surface area contributed by atoms with Gasteiger partial charge in [0.25, 0.3) is 0 Å². The lowest BCUT2D eigenvalue weighted by Gasteiger charge is -2.19. The second-order valence-electron chi connectivity index (χ2n) is 13.2. The number of aromatic amines is 1. The Kier molecular flexibility index (Phi) is 32.0. The first-order valence-electron chi connectivity index (χ1n) is 19.7. The highest BCUT2D eigenvalue weighted by Crippen LogP contribution is 2.15. The van der Waals surface area contributed by atoms with E-state index in [9.17, 15) is 0 Å². The van der Waals surface area contributed by atoms with Gasteiger partial charge in [0.15, 0.2) is 0 Å². The Balaban J connectivity index is 2.06. The first kappa shape index (κ1) is 41.2. The standard InChI is InChI=1S/C42H75N3/c1-3-5-7-9-11-13-15-17-19-21-23-25-27-29-31-33-35-41(44-38-37-42-39-43-40-45-42)36-34-32-30-28-26-24-22-20-18-16-14-12-10-8-6-4-2/h11-14,17-20,39-41,44H,3-10,15-16,21-38H2,1-2H3,(H,43,45)/b13-11-,14-12-,19-17-,20-18-. The van der Waals surface area contributed by atoms with Crippen molar-refractivity contribution in [2.75, 3.05) is 6.54 Å². The number of imidazole rings is 1. The quantitative estimate of drug-likeness (QED) is 0.0593. The Morgan fingerprint density at radius 1 is 0.556 bits per heavy atom. The van der Waals surface area contributed by atoms with Gasteiger partial charge in [0.2, 0.25) is 0 Å². The average Bonchev–Trinajstić information content (AvgIpc) is 3.57. The average molecular weight is 622 g/mol. The van der Waals surface area contributed by atoms with Crippen LogP contribution >= 0.6 is 0 Å². The van der Waals surface area contributed by atoms with Crippen molar-refractivity contribution in [3.05, 3.63) is 66.8 Å². The fourth-order valence-corrected chi connectivity index (χ4v) is 5.94. The van der Waals surface area contributed by atoms with E-state index in [-0.39, 0.29) is 0 Å². The Hall–Kier alpha value is -1.87. The first-order valence-corrected chi connectivity index (χ1v) is 19.7. The van der Waals surface area contributed by atoms with Crippen LogP contribution < -0.4 is 5.32 Å². The molecule has 0 amide bonds. The van der Waals surface area contributed by atoms with Crippen LogP contribution in [-0.2, 0) is 6.42 Å². The molecule has 0 aliphatic rings. The van der Waals surface area contributed by atoms with Gasteiger partial charge in [0.05, 0.1) is 12.0 Å². The van der Waals surface area contributed by atoms with Crippen LogP contribution in [0, 0.1) is 0 Å². The van der Waals surface area contributed by atoms with Gasteiger partial charge in [-0.3, -0.25) is 0 Å². The van der Waals surface area contributed by atoms with Crippen molar-refractivity contribution >= 4 is 0 Å². The number of hydrogen-bond acceptors (Lipinski definition) is 2. The second-order valence-corrected chi connectivity index (χ2v) is 13.2. The molecule has 3 nitrogen and oxygen atoms in total. The molecule has 0 aliphatic carbocycles. The maximum atomic E-state index is 4.40. The molecule has 0 saturated heterocycles. The van der Waals surface area contributed by atoms with E-state index in [0.717, 1.165) is 25.8 Å². The summed E-state index contributed by atoms with van der Waals surface area (Å²) in [5, 5.41) is 3.88. The van der Waals surface area contributed by atoms with E-state index in [1.54, 1.807) is 6.33 Å². The van der Waals surface area contributed by atoms with E-state index in [1.807, 2.05) is 6.20 Å². The van der Waals surface area contributed by atoms with Crippen LogP contribution in [0.25, 0.3) is 0 Å². The fraction of sp³-hybridized carbons (Fsp3) is 0.738. The van der Waals surface area contributed by atoms with E-state index in [1.165, 1.54) is 160 Å². The van der Waals surface area contributed by atoms with E-state index in [2.05, 4.69) is 77.7 Å². The third-order valence-electron chi connectivity index (χ3n) is 8.88. The molecule has 1 aromatic rings. The Morgan fingerprint density at radius 2 is 0.978 bits per heavy atom. The van der Waals surface area contributed by atoms with Gasteiger partial charge >= 0.3 is 0 Å². The summed E-state index contributed by atoms with van der Waals surface area (Å²) in [7, 11) is 0. The molecule has 0 aliphatic heterocycles. The van der Waals surface area contributed by atoms with Crippen molar-refractivity contribution in [2.24, 2.45) is 0 Å². The lowest BCUT2D eigenvalue weighted by Crippen LogP contribution is -2.31. The lowest BCUT2D eigenvalue weighted by molar-refractivity contribution is 0.413. The molecular weight excluding hydrogens is 546 g/mol. The summed E-state index contributed by atoms with van der Waals surface area (Å²) in [6.45, 7) is 5.58. The number of unbranched alkanes of at least 4 members (excludes halogenated alkanes) is 18. The number of hydrogen-bond donors (Lipinski definition) is 2. The zero-order valence-electron chi connectivity index (χ0n) is 30.1. The maximum Gasteiger partial charge on any atom is 0.0923 e. The Bertz CT molecular complexity index is 756. The van der Waals surface area contributed by atoms with Crippen LogP contribution in [0.15, 0.2) is 61.1 Å². The number of rotatable bonds is 34. The Labute approximate surface area is 281 Å². The van der Waals surface area contributed by atoms with E-state index in [0.29, 0.717) is 6.04 Å². The van der Waals surface area contributed by atoms with Crippen LogP contribution in [0.5, 0.6) is 0 Å². The molecule has 2 N–H and O–H groups in total. The molecule has 45 heavy (non-hydrogen) atoms. The van der Waals surface area contributed by atoms with Gasteiger partial charge in [0.1, 0.15) is 0 Å². The van der Waals surface area contributed by atoms with Crippen molar-refractivity contribution < 1.29 is 0 Å². The zero-order chi connectivity index (χ0) is 32.1. The monoisotopic (exact) mass is 622 g/mol. The van der Waals surface area contributed by atoms with E-state index in [4.69, 9.17) is 0 Å². The SMILES string of the molecule is CCCCC/C=C\C/C=C\CCCCCCCCC(CCCCCCCC/C=C\C/C=C\CCCCC)NCCc1c[nH]cn1. The summed E-state index contributed by atoms with van der Waals surface area (Å²) in [5.41, 5.74) is 1.17. The molecule has 1 heterocycles. The van der Waals surface area contributed by atoms with Crippen LogP contribution in [0.4, 0.5) is 0 Å². The minimum Gasteiger partial charge on any atom is -0.351 e. The zero-order valence-corrected chi connectivity index (χ0v) is 30.1. The van der Waals surface area contributed by atoms with Crippen molar-refractivity contribution in [1.82, 2.24) is 15.3 Å². The molecule has 0 spiro atoms. The summed E-state index contributed by atoms with van der Waals surface area (Å²) < 4.78 is 0. The normalized spacial score (nSPS) is 12.4. The van der Waals surface area contributed by atoms with Gasteiger partial charge in [0, 0.05) is 25.2 Å². The Morgan fingerprint density at radius 3 is 1.40 bits per heavy atom. The summed E-state index contributed by atoms with van der Waals surface area (Å²) in [4.78, 5) is 7.49. The van der Waals surface area contributed by atoms with Crippen molar-refractivity contribution in [3.8, 4) is 0 Å². The summed E-state index contributed by atoms with van der Waals surface area (Å²) in [6, 6.07) is 0.667. The maximum absolute atomic E-state index is 4.40. The predicted octanol–water partition coefficient (Wildman–Crippen LogP) is 13.3. The number of nitrogens with one attached hydrogen (secondary N) is 2. The summed E-state index contributed by atoms with van der Waals surface area (Å²) >= 11 is 0. The molecule has 3 heteroatoms. The molecule has 0 radical (unpaired) electrons. The number of nitrogens with zero attached hydrogens (tertiary/aromatic N) is 1. The minimum absolute atomic E-state index is 0.667. The lowest BCUT2D eigenvalue weighted by atomic mass is 9.99. The van der Waals surface area contributed by atoms with Gasteiger partial charge in [-0.15, -0.1) is 0 Å². The molecule has 0 saturated carbocycles. The highest BCUT2D eigenvalue weighted by Gasteiger charge is 2.08. The van der Waals surface area contributed by atoms with Crippen LogP contribution in [0.2, 0.25) is 0 Å². The number of H-pyrrole nitrogens is 1. The van der Waals surface area contributed by atoms with Crippen LogP contribution in [0.1, 0.15) is 186 Å². The van der Waals surface area contributed by atoms with Crippen molar-refractivity contribution in [3.63, 3.8) is 0 Å². The smallest absolute Gasteiger partial charge is 0.0923 e. The third-order valence-corrected chi connectivity index (χ3v) is 8.88. The highest BCUT2D eigenvalue weighted by atomic mass is 14.9. The van der Waals surface area contributed by atoms with Gasteiger partial charge in [-0.1, -0.05) is 152 Å². The third kappa shape index (κ3) is 30.5. The molecule has 258 valence electrons. The van der Waals surface area contributed by atoms with E-state index >= 15 is 0 Å². The minimum atomic E-state index is 0.667. The fourth-order valence-electron chi connectivity index (χ4n) is 5.94. The molecular formula is C42H75N3.